The minimum Gasteiger partial charge on any atom is -0.462 e. The third-order valence-corrected chi connectivity index (χ3v) is 14.6. The molecule has 0 heterocycles. The van der Waals surface area contributed by atoms with Crippen LogP contribution in [0.15, 0.2) is 0 Å². The molecule has 0 rings (SSSR count). The Balaban J connectivity index is 4.30. The molecule has 0 aliphatic rings. The summed E-state index contributed by atoms with van der Waals surface area (Å²) in [6, 6.07) is 0. The topological polar surface area (TPSA) is 78.9 Å². The van der Waals surface area contributed by atoms with Crippen molar-refractivity contribution in [3.05, 3.63) is 0 Å². The number of unbranched alkanes of at least 4 members (excludes halogenated alkanes) is 40. The molecule has 0 fully saturated rings. The van der Waals surface area contributed by atoms with Crippen LogP contribution in [0.25, 0.3) is 0 Å². The molecule has 0 aliphatic carbocycles. The van der Waals surface area contributed by atoms with Gasteiger partial charge in [0.1, 0.15) is 13.2 Å². The summed E-state index contributed by atoms with van der Waals surface area (Å²) in [5.41, 5.74) is 0. The predicted octanol–water partition coefficient (Wildman–Crippen LogP) is 20.4. The maximum atomic E-state index is 12.9. The molecule has 68 heavy (non-hydrogen) atoms. The van der Waals surface area contributed by atoms with Gasteiger partial charge < -0.3 is 14.2 Å². The summed E-state index contributed by atoms with van der Waals surface area (Å²) in [6.07, 6.45) is 59.4. The van der Waals surface area contributed by atoms with E-state index in [2.05, 4.69) is 34.6 Å². The number of rotatable bonds is 56. The highest BCUT2D eigenvalue weighted by Gasteiger charge is 2.19. The van der Waals surface area contributed by atoms with Crippen LogP contribution in [0.2, 0.25) is 0 Å². The predicted molar refractivity (Wildman–Crippen MR) is 293 cm³/mol. The van der Waals surface area contributed by atoms with Gasteiger partial charge in [0.25, 0.3) is 0 Å². The highest BCUT2D eigenvalue weighted by Crippen LogP contribution is 2.19. The third kappa shape index (κ3) is 53.8. The van der Waals surface area contributed by atoms with Gasteiger partial charge in [-0.3, -0.25) is 14.4 Å². The van der Waals surface area contributed by atoms with Crippen LogP contribution in [0.3, 0.4) is 0 Å². The van der Waals surface area contributed by atoms with Crippen LogP contribution in [0.5, 0.6) is 0 Å². The van der Waals surface area contributed by atoms with E-state index in [0.717, 1.165) is 69.6 Å². The average Bonchev–Trinajstić information content (AvgIpc) is 3.32. The normalized spacial score (nSPS) is 12.4. The summed E-state index contributed by atoms with van der Waals surface area (Å²) in [4.78, 5) is 38.2. The molecular formula is C62H120O6. The standard InChI is InChI=1S/C62H120O6/c1-6-8-9-10-11-12-13-14-15-16-22-27-32-37-42-47-52-60(63)66-55-59(68-62(65)54-49-44-39-34-29-24-19-20-25-30-35-40-45-50-57(3)4)56-67-61(64)53-48-43-38-33-28-23-18-17-21-26-31-36-41-46-51-58(5)7-2/h57-59H,6-56H2,1-5H3/t58?,59-/m1/s1. The molecule has 0 aliphatic heterocycles. The van der Waals surface area contributed by atoms with Gasteiger partial charge in [-0.05, 0) is 31.1 Å². The van der Waals surface area contributed by atoms with E-state index in [-0.39, 0.29) is 31.1 Å². The monoisotopic (exact) mass is 961 g/mol. The van der Waals surface area contributed by atoms with Crippen LogP contribution in [-0.2, 0) is 28.6 Å². The lowest BCUT2D eigenvalue weighted by Gasteiger charge is -2.18. The minimum atomic E-state index is -0.763. The first-order valence-corrected chi connectivity index (χ1v) is 30.8. The van der Waals surface area contributed by atoms with Crippen molar-refractivity contribution in [3.8, 4) is 0 Å². The molecule has 0 bridgehead atoms. The number of ether oxygens (including phenoxy) is 3. The first-order chi connectivity index (χ1) is 33.3. The van der Waals surface area contributed by atoms with Crippen LogP contribution in [0, 0.1) is 11.8 Å². The first kappa shape index (κ1) is 66.4. The van der Waals surface area contributed by atoms with Crippen LogP contribution in [0.1, 0.15) is 349 Å². The van der Waals surface area contributed by atoms with Crippen molar-refractivity contribution < 1.29 is 28.6 Å². The number of carbonyl (C=O) groups excluding carboxylic acids is 3. The van der Waals surface area contributed by atoms with Gasteiger partial charge >= 0.3 is 17.9 Å². The highest BCUT2D eigenvalue weighted by molar-refractivity contribution is 5.71. The Morgan fingerprint density at radius 1 is 0.309 bits per heavy atom. The lowest BCUT2D eigenvalue weighted by atomic mass is 9.99. The van der Waals surface area contributed by atoms with Crippen LogP contribution >= 0.6 is 0 Å². The first-order valence-electron chi connectivity index (χ1n) is 30.8. The number of hydrogen-bond acceptors (Lipinski definition) is 6. The maximum Gasteiger partial charge on any atom is 0.306 e. The Morgan fingerprint density at radius 3 is 0.838 bits per heavy atom. The fraction of sp³-hybridized carbons (Fsp3) is 0.952. The fourth-order valence-corrected chi connectivity index (χ4v) is 9.55. The van der Waals surface area contributed by atoms with Crippen LogP contribution in [0.4, 0.5) is 0 Å². The molecule has 0 saturated carbocycles. The summed E-state index contributed by atoms with van der Waals surface area (Å²) in [5.74, 6) is 0.900. The Hall–Kier alpha value is -1.59. The Labute approximate surface area is 425 Å². The van der Waals surface area contributed by atoms with Gasteiger partial charge in [-0.15, -0.1) is 0 Å². The quantitative estimate of drug-likeness (QED) is 0.0343. The molecular weight excluding hydrogens is 841 g/mol. The van der Waals surface area contributed by atoms with Gasteiger partial charge in [-0.1, -0.05) is 311 Å². The maximum absolute atomic E-state index is 12.9. The molecule has 0 aromatic carbocycles. The zero-order chi connectivity index (χ0) is 49.6. The van der Waals surface area contributed by atoms with Crippen molar-refractivity contribution >= 4 is 17.9 Å². The van der Waals surface area contributed by atoms with Crippen molar-refractivity contribution in [2.24, 2.45) is 11.8 Å². The Bertz CT molecular complexity index is 1040. The fourth-order valence-electron chi connectivity index (χ4n) is 9.55. The van der Waals surface area contributed by atoms with E-state index in [0.29, 0.717) is 19.3 Å². The van der Waals surface area contributed by atoms with Crippen molar-refractivity contribution in [1.82, 2.24) is 0 Å². The van der Waals surface area contributed by atoms with E-state index < -0.39 is 6.10 Å². The molecule has 404 valence electrons. The average molecular weight is 962 g/mol. The zero-order valence-electron chi connectivity index (χ0n) is 46.7. The second-order valence-electron chi connectivity index (χ2n) is 22.1. The van der Waals surface area contributed by atoms with Crippen LogP contribution < -0.4 is 0 Å². The van der Waals surface area contributed by atoms with Crippen molar-refractivity contribution in [2.45, 2.75) is 355 Å². The summed E-state index contributed by atoms with van der Waals surface area (Å²) in [5, 5.41) is 0. The smallest absolute Gasteiger partial charge is 0.306 e. The van der Waals surface area contributed by atoms with Gasteiger partial charge in [-0.2, -0.15) is 0 Å². The second-order valence-corrected chi connectivity index (χ2v) is 22.1. The second kappa shape index (κ2) is 54.7. The minimum absolute atomic E-state index is 0.0621. The molecule has 0 aromatic heterocycles. The van der Waals surface area contributed by atoms with Gasteiger partial charge in [-0.25, -0.2) is 0 Å². The number of esters is 3. The third-order valence-electron chi connectivity index (χ3n) is 14.6. The Kier molecular flexibility index (Phi) is 53.5. The molecule has 0 spiro atoms. The lowest BCUT2D eigenvalue weighted by molar-refractivity contribution is -0.167. The van der Waals surface area contributed by atoms with Gasteiger partial charge in [0.05, 0.1) is 0 Å². The molecule has 0 amide bonds. The van der Waals surface area contributed by atoms with E-state index in [1.165, 1.54) is 238 Å². The Morgan fingerprint density at radius 2 is 0.559 bits per heavy atom. The lowest BCUT2D eigenvalue weighted by Crippen LogP contribution is -2.30. The van der Waals surface area contributed by atoms with Crippen molar-refractivity contribution in [2.75, 3.05) is 13.2 Å². The van der Waals surface area contributed by atoms with Crippen LogP contribution in [-0.4, -0.2) is 37.2 Å². The van der Waals surface area contributed by atoms with Gasteiger partial charge in [0.2, 0.25) is 0 Å². The molecule has 6 heteroatoms. The molecule has 0 saturated heterocycles. The molecule has 0 radical (unpaired) electrons. The van der Waals surface area contributed by atoms with E-state index >= 15 is 0 Å². The summed E-state index contributed by atoms with van der Waals surface area (Å²) in [6.45, 7) is 11.5. The van der Waals surface area contributed by atoms with Crippen molar-refractivity contribution in [1.29, 1.82) is 0 Å². The van der Waals surface area contributed by atoms with E-state index in [1.54, 1.807) is 0 Å². The van der Waals surface area contributed by atoms with Gasteiger partial charge in [0.15, 0.2) is 6.10 Å². The number of carbonyl (C=O) groups is 3. The molecule has 0 N–H and O–H groups in total. The largest absolute Gasteiger partial charge is 0.462 e. The summed E-state index contributed by atoms with van der Waals surface area (Å²) >= 11 is 0. The SMILES string of the molecule is CCCCCCCCCCCCCCCCCCC(=O)OC[C@H](COC(=O)CCCCCCCCCCCCCCCCC(C)CC)OC(=O)CCCCCCCCCCCCCCCC(C)C. The molecule has 1 unspecified atom stereocenters. The van der Waals surface area contributed by atoms with E-state index in [1.807, 2.05) is 0 Å². The molecule has 0 aromatic rings. The van der Waals surface area contributed by atoms with Crippen molar-refractivity contribution in [3.63, 3.8) is 0 Å². The molecule has 6 nitrogen and oxygen atoms in total. The summed E-state index contributed by atoms with van der Waals surface area (Å²) < 4.78 is 16.9. The highest BCUT2D eigenvalue weighted by atomic mass is 16.6. The number of hydrogen-bond donors (Lipinski definition) is 0. The zero-order valence-corrected chi connectivity index (χ0v) is 46.7. The van der Waals surface area contributed by atoms with Gasteiger partial charge in [0, 0.05) is 19.3 Å². The van der Waals surface area contributed by atoms with E-state index in [4.69, 9.17) is 14.2 Å². The molecule has 2 atom stereocenters. The summed E-state index contributed by atoms with van der Waals surface area (Å²) in [7, 11) is 0. The van der Waals surface area contributed by atoms with E-state index in [9.17, 15) is 14.4 Å².